The molecule has 3 heterocycles. The number of para-hydroxylation sites is 1. The molecule has 2 aromatic heterocycles. The van der Waals surface area contributed by atoms with Gasteiger partial charge < -0.3 is 15.4 Å². The molecule has 4 aromatic rings. The van der Waals surface area contributed by atoms with Crippen molar-refractivity contribution in [3.63, 3.8) is 0 Å². The van der Waals surface area contributed by atoms with E-state index in [9.17, 15) is 9.18 Å². The first-order chi connectivity index (χ1) is 15.2. The van der Waals surface area contributed by atoms with E-state index in [1.807, 2.05) is 30.3 Å². The first-order valence-corrected chi connectivity index (χ1v) is 10.1. The molecule has 0 radical (unpaired) electrons. The molecule has 0 bridgehead atoms. The van der Waals surface area contributed by atoms with E-state index < -0.39 is 5.82 Å². The number of nitrogens with one attached hydrogen (secondary N) is 3. The van der Waals surface area contributed by atoms with Gasteiger partial charge in [0.25, 0.3) is 5.56 Å². The van der Waals surface area contributed by atoms with Crippen LogP contribution < -0.4 is 16.2 Å². The molecular formula is C22H21FN6O2. The van der Waals surface area contributed by atoms with Gasteiger partial charge in [0.05, 0.1) is 23.7 Å². The highest BCUT2D eigenvalue weighted by Crippen LogP contribution is 2.23. The predicted molar refractivity (Wildman–Crippen MR) is 117 cm³/mol. The van der Waals surface area contributed by atoms with Crippen LogP contribution in [0, 0.1) is 5.82 Å². The molecule has 9 heteroatoms. The lowest BCUT2D eigenvalue weighted by Crippen LogP contribution is -2.19. The molecule has 1 fully saturated rings. The van der Waals surface area contributed by atoms with E-state index >= 15 is 0 Å². The van der Waals surface area contributed by atoms with Crippen LogP contribution in [-0.4, -0.2) is 39.0 Å². The topological polar surface area (TPSA) is 96.9 Å². The molecule has 1 saturated heterocycles. The molecule has 31 heavy (non-hydrogen) atoms. The van der Waals surface area contributed by atoms with Crippen LogP contribution in [0.3, 0.4) is 0 Å². The number of rotatable bonds is 6. The first-order valence-electron chi connectivity index (χ1n) is 10.1. The minimum absolute atomic E-state index is 0.118. The van der Waals surface area contributed by atoms with Crippen molar-refractivity contribution in [2.24, 2.45) is 0 Å². The summed E-state index contributed by atoms with van der Waals surface area (Å²) in [4.78, 5) is 19.6. The van der Waals surface area contributed by atoms with Crippen molar-refractivity contribution in [1.29, 1.82) is 0 Å². The Morgan fingerprint density at radius 2 is 2.10 bits per heavy atom. The van der Waals surface area contributed by atoms with E-state index in [0.29, 0.717) is 29.0 Å². The van der Waals surface area contributed by atoms with Gasteiger partial charge in [-0.05, 0) is 43.2 Å². The highest BCUT2D eigenvalue weighted by molar-refractivity contribution is 5.77. The minimum atomic E-state index is -0.402. The van der Waals surface area contributed by atoms with Gasteiger partial charge in [-0.1, -0.05) is 18.2 Å². The number of hydrogen-bond acceptors (Lipinski definition) is 6. The second-order valence-corrected chi connectivity index (χ2v) is 7.38. The zero-order valence-corrected chi connectivity index (χ0v) is 16.6. The van der Waals surface area contributed by atoms with E-state index in [-0.39, 0.29) is 17.6 Å². The van der Waals surface area contributed by atoms with E-state index in [2.05, 4.69) is 25.7 Å². The van der Waals surface area contributed by atoms with Crippen LogP contribution in [0.1, 0.15) is 12.8 Å². The lowest BCUT2D eigenvalue weighted by Gasteiger charge is -2.13. The molecule has 8 nitrogen and oxygen atoms in total. The number of fused-ring (bicyclic) bond motifs is 1. The fraction of sp³-hybridized carbons (Fsp3) is 0.227. The van der Waals surface area contributed by atoms with Crippen LogP contribution in [-0.2, 0) is 4.74 Å². The Balaban J connectivity index is 1.38. The number of nitrogens with zero attached hydrogens (tertiary/aromatic N) is 3. The van der Waals surface area contributed by atoms with Gasteiger partial charge in [-0.25, -0.2) is 9.07 Å². The molecule has 1 aliphatic heterocycles. The average molecular weight is 420 g/mol. The van der Waals surface area contributed by atoms with Crippen molar-refractivity contribution in [3.05, 3.63) is 70.9 Å². The summed E-state index contributed by atoms with van der Waals surface area (Å²) in [6, 6.07) is 14.1. The number of H-pyrrole nitrogens is 1. The van der Waals surface area contributed by atoms with Crippen LogP contribution in [0.4, 0.5) is 21.7 Å². The Kier molecular flexibility index (Phi) is 5.09. The van der Waals surface area contributed by atoms with Gasteiger partial charge in [-0.2, -0.15) is 10.1 Å². The molecule has 1 atom stereocenters. The highest BCUT2D eigenvalue weighted by Gasteiger charge is 2.16. The second kappa shape index (κ2) is 8.19. The van der Waals surface area contributed by atoms with Gasteiger partial charge >= 0.3 is 0 Å². The van der Waals surface area contributed by atoms with Crippen LogP contribution in [0.5, 0.6) is 0 Å². The van der Waals surface area contributed by atoms with E-state index in [1.54, 1.807) is 16.8 Å². The number of ether oxygens (including phenoxy) is 1. The molecule has 0 aliphatic carbocycles. The molecule has 158 valence electrons. The van der Waals surface area contributed by atoms with Crippen LogP contribution in [0.15, 0.2) is 59.5 Å². The third-order valence-corrected chi connectivity index (χ3v) is 5.21. The van der Waals surface area contributed by atoms with Crippen molar-refractivity contribution in [2.45, 2.75) is 18.9 Å². The maximum Gasteiger partial charge on any atom is 0.263 e. The number of anilines is 3. The maximum absolute atomic E-state index is 14.5. The second-order valence-electron chi connectivity index (χ2n) is 7.38. The fourth-order valence-corrected chi connectivity index (χ4v) is 3.64. The highest BCUT2D eigenvalue weighted by atomic mass is 19.1. The van der Waals surface area contributed by atoms with Crippen LogP contribution in [0.2, 0.25) is 0 Å². The average Bonchev–Trinajstić information content (AvgIpc) is 3.44. The summed E-state index contributed by atoms with van der Waals surface area (Å²) >= 11 is 0. The van der Waals surface area contributed by atoms with E-state index in [4.69, 9.17) is 4.74 Å². The molecular weight excluding hydrogens is 399 g/mol. The van der Waals surface area contributed by atoms with Crippen LogP contribution in [0.25, 0.3) is 16.7 Å². The molecule has 0 saturated carbocycles. The van der Waals surface area contributed by atoms with Gasteiger partial charge in [0.2, 0.25) is 5.95 Å². The molecule has 1 aliphatic rings. The Hall–Kier alpha value is -3.72. The summed E-state index contributed by atoms with van der Waals surface area (Å²) in [7, 11) is 0. The SMILES string of the molecule is O=c1[nH]c(Nc2ccc(NCC3CCCO3)c(F)c2)nc2c1cnn2-c1ccccc1. The lowest BCUT2D eigenvalue weighted by atomic mass is 10.2. The van der Waals surface area contributed by atoms with Crippen LogP contribution >= 0.6 is 0 Å². The van der Waals surface area contributed by atoms with Crippen molar-refractivity contribution < 1.29 is 9.13 Å². The zero-order valence-electron chi connectivity index (χ0n) is 16.6. The van der Waals surface area contributed by atoms with E-state index in [0.717, 1.165) is 25.1 Å². The third-order valence-electron chi connectivity index (χ3n) is 5.21. The summed E-state index contributed by atoms with van der Waals surface area (Å²) in [6.07, 6.45) is 3.62. The monoisotopic (exact) mass is 420 g/mol. The summed E-state index contributed by atoms with van der Waals surface area (Å²) in [5, 5.41) is 10.7. The Morgan fingerprint density at radius 3 is 2.87 bits per heavy atom. The lowest BCUT2D eigenvalue weighted by molar-refractivity contribution is 0.120. The molecule has 5 rings (SSSR count). The van der Waals surface area contributed by atoms with Crippen molar-refractivity contribution in [2.75, 3.05) is 23.8 Å². The molecule has 0 amide bonds. The Morgan fingerprint density at radius 1 is 1.23 bits per heavy atom. The number of aromatic amines is 1. The molecule has 2 aromatic carbocycles. The Labute approximate surface area is 177 Å². The first kappa shape index (κ1) is 19.3. The molecule has 1 unspecified atom stereocenters. The quantitative estimate of drug-likeness (QED) is 0.441. The fourth-order valence-electron chi connectivity index (χ4n) is 3.64. The van der Waals surface area contributed by atoms with Crippen molar-refractivity contribution >= 4 is 28.4 Å². The van der Waals surface area contributed by atoms with Crippen molar-refractivity contribution in [3.8, 4) is 5.69 Å². The van der Waals surface area contributed by atoms with E-state index in [1.165, 1.54) is 12.3 Å². The van der Waals surface area contributed by atoms with Gasteiger partial charge in [0.15, 0.2) is 5.65 Å². The smallest absolute Gasteiger partial charge is 0.263 e. The number of benzene rings is 2. The minimum Gasteiger partial charge on any atom is -0.380 e. The largest absolute Gasteiger partial charge is 0.380 e. The van der Waals surface area contributed by atoms with Gasteiger partial charge in [0, 0.05) is 18.8 Å². The number of halogens is 1. The summed E-state index contributed by atoms with van der Waals surface area (Å²) < 4.78 is 21.7. The molecule has 3 N–H and O–H groups in total. The predicted octanol–water partition coefficient (Wildman–Crippen LogP) is 3.58. The molecule has 0 spiro atoms. The number of aromatic nitrogens is 4. The summed E-state index contributed by atoms with van der Waals surface area (Å²) in [5.74, 6) is -0.199. The third kappa shape index (κ3) is 3.99. The van der Waals surface area contributed by atoms with Crippen molar-refractivity contribution in [1.82, 2.24) is 19.7 Å². The number of hydrogen-bond donors (Lipinski definition) is 3. The zero-order chi connectivity index (χ0) is 21.2. The Bertz CT molecular complexity index is 1260. The van der Waals surface area contributed by atoms with Gasteiger partial charge in [-0.15, -0.1) is 0 Å². The van der Waals surface area contributed by atoms with Gasteiger partial charge in [-0.3, -0.25) is 9.78 Å². The van der Waals surface area contributed by atoms with Gasteiger partial charge in [0.1, 0.15) is 11.2 Å². The summed E-state index contributed by atoms with van der Waals surface area (Å²) in [6.45, 7) is 1.33. The maximum atomic E-state index is 14.5. The standard InChI is InChI=1S/C22H21FN6O2/c23-18-11-14(8-9-19(18)24-12-16-7-4-10-31-16)26-22-27-20-17(21(30)28-22)13-25-29(20)15-5-2-1-3-6-15/h1-3,5-6,8-9,11,13,16,24H,4,7,10,12H2,(H2,26,27,28,30). The normalized spacial score (nSPS) is 16.0. The summed E-state index contributed by atoms with van der Waals surface area (Å²) in [5.41, 5.74) is 1.74.